The number of anilines is 1. The SMILES string of the molecule is C=CCNC(=S)N/N=C/c1ncccc1N. The minimum Gasteiger partial charge on any atom is -0.397 e. The van der Waals surface area contributed by atoms with Crippen LogP contribution in [-0.4, -0.2) is 22.9 Å². The van der Waals surface area contributed by atoms with E-state index in [4.69, 9.17) is 18.0 Å². The maximum Gasteiger partial charge on any atom is 0.187 e. The number of hydrogen-bond acceptors (Lipinski definition) is 4. The number of rotatable bonds is 4. The number of thiocarbonyl (C=S) groups is 1. The molecule has 1 heterocycles. The molecule has 0 aliphatic heterocycles. The average Bonchev–Trinajstić information content (AvgIpc) is 2.29. The Bertz CT molecular complexity index is 402. The molecule has 1 aromatic rings. The van der Waals surface area contributed by atoms with Crippen LogP contribution in [0.4, 0.5) is 5.69 Å². The van der Waals surface area contributed by atoms with E-state index >= 15 is 0 Å². The number of pyridine rings is 1. The van der Waals surface area contributed by atoms with Crippen LogP contribution in [-0.2, 0) is 0 Å². The summed E-state index contributed by atoms with van der Waals surface area (Å²) in [6.07, 6.45) is 4.86. The minimum absolute atomic E-state index is 0.422. The van der Waals surface area contributed by atoms with Crippen molar-refractivity contribution in [2.24, 2.45) is 5.10 Å². The molecule has 6 heteroatoms. The number of hydrogen-bond donors (Lipinski definition) is 3. The van der Waals surface area contributed by atoms with Gasteiger partial charge < -0.3 is 11.1 Å². The Morgan fingerprint density at radius 3 is 3.19 bits per heavy atom. The van der Waals surface area contributed by atoms with Crippen LogP contribution in [0, 0.1) is 0 Å². The lowest BCUT2D eigenvalue weighted by molar-refractivity contribution is 0.941. The number of aromatic nitrogens is 1. The fraction of sp³-hybridized carbons (Fsp3) is 0.100. The molecule has 0 amide bonds. The minimum atomic E-state index is 0.422. The molecule has 1 aromatic heterocycles. The van der Waals surface area contributed by atoms with E-state index in [2.05, 4.69) is 27.4 Å². The van der Waals surface area contributed by atoms with Crippen LogP contribution in [0.1, 0.15) is 5.69 Å². The molecule has 5 nitrogen and oxygen atoms in total. The fourth-order valence-corrected chi connectivity index (χ4v) is 1.03. The van der Waals surface area contributed by atoms with E-state index in [1.54, 1.807) is 24.4 Å². The molecule has 0 unspecified atom stereocenters. The number of nitrogens with zero attached hydrogens (tertiary/aromatic N) is 2. The summed E-state index contributed by atoms with van der Waals surface area (Å²) in [6, 6.07) is 3.51. The predicted molar refractivity (Wildman–Crippen MR) is 70.2 cm³/mol. The van der Waals surface area contributed by atoms with Gasteiger partial charge in [-0.3, -0.25) is 10.4 Å². The normalized spacial score (nSPS) is 10.0. The molecule has 0 fully saturated rings. The van der Waals surface area contributed by atoms with Gasteiger partial charge in [-0.05, 0) is 24.4 Å². The zero-order valence-corrected chi connectivity index (χ0v) is 9.50. The molecular formula is C10H13N5S. The molecule has 0 atom stereocenters. The number of nitrogen functional groups attached to an aromatic ring is 1. The number of nitrogens with two attached hydrogens (primary N) is 1. The largest absolute Gasteiger partial charge is 0.397 e. The molecule has 1 rings (SSSR count). The zero-order chi connectivity index (χ0) is 11.8. The first-order chi connectivity index (χ1) is 7.74. The number of hydrazone groups is 1. The lowest BCUT2D eigenvalue weighted by Crippen LogP contribution is -2.31. The Morgan fingerprint density at radius 1 is 1.69 bits per heavy atom. The van der Waals surface area contributed by atoms with Crippen LogP contribution in [0.3, 0.4) is 0 Å². The van der Waals surface area contributed by atoms with Crippen molar-refractivity contribution in [3.8, 4) is 0 Å². The van der Waals surface area contributed by atoms with Gasteiger partial charge in [-0.25, -0.2) is 0 Å². The summed E-state index contributed by atoms with van der Waals surface area (Å²) < 4.78 is 0. The van der Waals surface area contributed by atoms with Gasteiger partial charge in [0.1, 0.15) is 5.69 Å². The summed E-state index contributed by atoms with van der Waals surface area (Å²) in [6.45, 7) is 4.15. The van der Waals surface area contributed by atoms with Crippen molar-refractivity contribution in [3.63, 3.8) is 0 Å². The average molecular weight is 235 g/mol. The highest BCUT2D eigenvalue weighted by atomic mass is 32.1. The van der Waals surface area contributed by atoms with Crippen LogP contribution in [0.5, 0.6) is 0 Å². The lowest BCUT2D eigenvalue weighted by atomic mass is 10.3. The first kappa shape index (κ1) is 12.1. The van der Waals surface area contributed by atoms with Gasteiger partial charge in [-0.1, -0.05) is 6.08 Å². The second-order valence-electron chi connectivity index (χ2n) is 2.85. The quantitative estimate of drug-likeness (QED) is 0.309. The Labute approximate surface area is 99.5 Å². The maximum absolute atomic E-state index is 5.67. The molecular weight excluding hydrogens is 222 g/mol. The third kappa shape index (κ3) is 4.05. The van der Waals surface area contributed by atoms with Crippen molar-refractivity contribution >= 4 is 29.2 Å². The summed E-state index contributed by atoms with van der Waals surface area (Å²) in [5, 5.41) is 7.19. The van der Waals surface area contributed by atoms with Gasteiger partial charge in [0.2, 0.25) is 0 Å². The Hall–Kier alpha value is -1.95. The van der Waals surface area contributed by atoms with Crippen LogP contribution in [0.25, 0.3) is 0 Å². The Morgan fingerprint density at radius 2 is 2.50 bits per heavy atom. The van der Waals surface area contributed by atoms with Gasteiger partial charge in [0.05, 0.1) is 11.9 Å². The van der Waals surface area contributed by atoms with Gasteiger partial charge in [-0.2, -0.15) is 5.10 Å². The van der Waals surface area contributed by atoms with Crippen molar-refractivity contribution in [2.75, 3.05) is 12.3 Å². The molecule has 4 N–H and O–H groups in total. The standard InChI is InChI=1S/C10H13N5S/c1-2-5-13-10(16)15-14-7-9-8(11)4-3-6-12-9/h2-4,6-7H,1,5,11H2,(H2,13,15,16)/b14-7+. The lowest BCUT2D eigenvalue weighted by Gasteiger charge is -2.03. The molecule has 0 radical (unpaired) electrons. The molecule has 0 saturated carbocycles. The van der Waals surface area contributed by atoms with Crippen LogP contribution in [0.15, 0.2) is 36.1 Å². The summed E-state index contributed by atoms with van der Waals surface area (Å²) in [7, 11) is 0. The Kier molecular flexibility index (Phi) is 4.94. The highest BCUT2D eigenvalue weighted by Crippen LogP contribution is 2.02. The molecule has 0 bridgehead atoms. The smallest absolute Gasteiger partial charge is 0.187 e. The van der Waals surface area contributed by atoms with Crippen molar-refractivity contribution < 1.29 is 0 Å². The van der Waals surface area contributed by atoms with E-state index in [-0.39, 0.29) is 0 Å². The van der Waals surface area contributed by atoms with Crippen molar-refractivity contribution in [1.29, 1.82) is 0 Å². The van der Waals surface area contributed by atoms with Crippen LogP contribution in [0.2, 0.25) is 0 Å². The summed E-state index contributed by atoms with van der Waals surface area (Å²) in [4.78, 5) is 4.04. The third-order valence-corrected chi connectivity index (χ3v) is 1.87. The summed E-state index contributed by atoms with van der Waals surface area (Å²) in [5.41, 5.74) is 9.48. The highest BCUT2D eigenvalue weighted by Gasteiger charge is 1.94. The molecule has 0 saturated heterocycles. The van der Waals surface area contributed by atoms with Crippen LogP contribution >= 0.6 is 12.2 Å². The van der Waals surface area contributed by atoms with Crippen LogP contribution < -0.4 is 16.5 Å². The maximum atomic E-state index is 5.67. The molecule has 0 aromatic carbocycles. The molecule has 0 spiro atoms. The molecule has 0 aliphatic rings. The van der Waals surface area contributed by atoms with Gasteiger partial charge >= 0.3 is 0 Å². The monoisotopic (exact) mass is 235 g/mol. The topological polar surface area (TPSA) is 75.3 Å². The Balaban J connectivity index is 2.46. The first-order valence-corrected chi connectivity index (χ1v) is 5.03. The first-order valence-electron chi connectivity index (χ1n) is 4.62. The molecule has 84 valence electrons. The van der Waals surface area contributed by atoms with Gasteiger partial charge in [0.15, 0.2) is 5.11 Å². The van der Waals surface area contributed by atoms with Crippen molar-refractivity contribution in [1.82, 2.24) is 15.7 Å². The predicted octanol–water partition coefficient (Wildman–Crippen LogP) is 0.648. The highest BCUT2D eigenvalue weighted by molar-refractivity contribution is 7.80. The van der Waals surface area contributed by atoms with E-state index in [1.807, 2.05) is 0 Å². The summed E-state index contributed by atoms with van der Waals surface area (Å²) >= 11 is 4.93. The van der Waals surface area contributed by atoms with Gasteiger partial charge in [0.25, 0.3) is 0 Å². The van der Waals surface area contributed by atoms with Crippen molar-refractivity contribution in [2.45, 2.75) is 0 Å². The molecule has 16 heavy (non-hydrogen) atoms. The van der Waals surface area contributed by atoms with E-state index in [9.17, 15) is 0 Å². The summed E-state index contributed by atoms with van der Waals surface area (Å²) in [5.74, 6) is 0. The van der Waals surface area contributed by atoms with Gasteiger partial charge in [-0.15, -0.1) is 6.58 Å². The van der Waals surface area contributed by atoms with E-state index < -0.39 is 0 Å². The van der Waals surface area contributed by atoms with Gasteiger partial charge in [0, 0.05) is 12.7 Å². The number of nitrogens with one attached hydrogen (secondary N) is 2. The fourth-order valence-electron chi connectivity index (χ4n) is 0.894. The zero-order valence-electron chi connectivity index (χ0n) is 8.68. The van der Waals surface area contributed by atoms with E-state index in [0.717, 1.165) is 0 Å². The second kappa shape index (κ2) is 6.52. The second-order valence-corrected chi connectivity index (χ2v) is 3.25. The van der Waals surface area contributed by atoms with E-state index in [1.165, 1.54) is 6.21 Å². The van der Waals surface area contributed by atoms with E-state index in [0.29, 0.717) is 23.0 Å². The molecule has 0 aliphatic carbocycles. The van der Waals surface area contributed by atoms with Crippen molar-refractivity contribution in [3.05, 3.63) is 36.7 Å². The third-order valence-electron chi connectivity index (χ3n) is 1.63.